The van der Waals surface area contributed by atoms with E-state index >= 15 is 0 Å². The van der Waals surface area contributed by atoms with Crippen LogP contribution >= 0.6 is 15.9 Å². The molecule has 2 N–H and O–H groups in total. The highest BCUT2D eigenvalue weighted by molar-refractivity contribution is 9.08. The number of hydrogen-bond acceptors (Lipinski definition) is 1. The molecular weight excluding hydrogens is 178 g/mol. The Kier molecular flexibility index (Phi) is 2.11. The molecule has 0 aliphatic carbocycles. The number of para-hydroxylation sites is 1. The van der Waals surface area contributed by atoms with E-state index in [1.807, 2.05) is 24.3 Å². The maximum absolute atomic E-state index is 5.60. The van der Waals surface area contributed by atoms with Gasteiger partial charge in [0, 0.05) is 11.0 Å². The molecule has 0 radical (unpaired) electrons. The van der Waals surface area contributed by atoms with Crippen molar-refractivity contribution in [2.75, 3.05) is 5.73 Å². The van der Waals surface area contributed by atoms with Gasteiger partial charge in [-0.3, -0.25) is 0 Å². The SMILES string of the molecule is Nc1ccccc1CBr. The Morgan fingerprint density at radius 2 is 2.00 bits per heavy atom. The first-order valence-electron chi connectivity index (χ1n) is 2.74. The van der Waals surface area contributed by atoms with E-state index in [9.17, 15) is 0 Å². The molecule has 0 aromatic heterocycles. The molecule has 0 fully saturated rings. The predicted octanol–water partition coefficient (Wildman–Crippen LogP) is 2.16. The molecule has 0 unspecified atom stereocenters. The predicted molar refractivity (Wildman–Crippen MR) is 43.5 cm³/mol. The van der Waals surface area contributed by atoms with Crippen molar-refractivity contribution in [1.29, 1.82) is 0 Å². The number of hydrogen-bond donors (Lipinski definition) is 1. The van der Waals surface area contributed by atoms with E-state index in [4.69, 9.17) is 5.73 Å². The number of benzene rings is 1. The summed E-state index contributed by atoms with van der Waals surface area (Å²) in [7, 11) is 0. The summed E-state index contributed by atoms with van der Waals surface area (Å²) >= 11 is 3.33. The minimum Gasteiger partial charge on any atom is -0.398 e. The van der Waals surface area contributed by atoms with Crippen LogP contribution in [0, 0.1) is 0 Å². The largest absolute Gasteiger partial charge is 0.398 e. The van der Waals surface area contributed by atoms with Crippen LogP contribution in [-0.4, -0.2) is 0 Å². The Hall–Kier alpha value is -0.500. The summed E-state index contributed by atoms with van der Waals surface area (Å²) in [6.45, 7) is 0. The third kappa shape index (κ3) is 1.45. The molecule has 0 saturated carbocycles. The lowest BCUT2D eigenvalue weighted by atomic mass is 10.2. The lowest BCUT2D eigenvalue weighted by Crippen LogP contribution is -1.89. The monoisotopic (exact) mass is 185 g/mol. The van der Waals surface area contributed by atoms with E-state index in [-0.39, 0.29) is 0 Å². The molecule has 0 heterocycles. The fraction of sp³-hybridized carbons (Fsp3) is 0.143. The average molecular weight is 186 g/mol. The van der Waals surface area contributed by atoms with Crippen molar-refractivity contribution >= 4 is 21.6 Å². The molecule has 0 amide bonds. The van der Waals surface area contributed by atoms with Gasteiger partial charge in [0.25, 0.3) is 0 Å². The maximum Gasteiger partial charge on any atom is 0.0355 e. The standard InChI is InChI=1S/C7H8BrN/c8-5-6-3-1-2-4-7(6)9/h1-4H,5,9H2. The first-order valence-corrected chi connectivity index (χ1v) is 3.86. The summed E-state index contributed by atoms with van der Waals surface area (Å²) in [5, 5.41) is 0.833. The zero-order valence-electron chi connectivity index (χ0n) is 4.97. The maximum atomic E-state index is 5.60. The van der Waals surface area contributed by atoms with Crippen LogP contribution in [0.4, 0.5) is 5.69 Å². The van der Waals surface area contributed by atoms with Crippen molar-refractivity contribution in [2.24, 2.45) is 0 Å². The van der Waals surface area contributed by atoms with Gasteiger partial charge in [0.1, 0.15) is 0 Å². The number of rotatable bonds is 1. The van der Waals surface area contributed by atoms with Crippen LogP contribution in [0.25, 0.3) is 0 Å². The van der Waals surface area contributed by atoms with E-state index in [1.54, 1.807) is 0 Å². The van der Waals surface area contributed by atoms with Gasteiger partial charge in [-0.25, -0.2) is 0 Å². The Labute approximate surface area is 63.0 Å². The molecule has 9 heavy (non-hydrogen) atoms. The Balaban J connectivity index is 3.01. The quantitative estimate of drug-likeness (QED) is 0.527. The zero-order chi connectivity index (χ0) is 6.69. The number of alkyl halides is 1. The van der Waals surface area contributed by atoms with Crippen LogP contribution in [0.1, 0.15) is 5.56 Å². The van der Waals surface area contributed by atoms with Crippen molar-refractivity contribution in [1.82, 2.24) is 0 Å². The van der Waals surface area contributed by atoms with Crippen molar-refractivity contribution in [2.45, 2.75) is 5.33 Å². The third-order valence-electron chi connectivity index (χ3n) is 1.20. The fourth-order valence-electron chi connectivity index (χ4n) is 0.656. The van der Waals surface area contributed by atoms with E-state index in [0.29, 0.717) is 0 Å². The molecule has 0 saturated heterocycles. The van der Waals surface area contributed by atoms with Crippen LogP contribution in [0.15, 0.2) is 24.3 Å². The second kappa shape index (κ2) is 2.87. The summed E-state index contributed by atoms with van der Waals surface area (Å²) in [5.74, 6) is 0. The minimum atomic E-state index is 0.833. The van der Waals surface area contributed by atoms with Crippen LogP contribution in [0.2, 0.25) is 0 Å². The van der Waals surface area contributed by atoms with Crippen LogP contribution in [0.5, 0.6) is 0 Å². The molecule has 0 spiro atoms. The van der Waals surface area contributed by atoms with Crippen LogP contribution in [0.3, 0.4) is 0 Å². The second-order valence-corrected chi connectivity index (χ2v) is 2.39. The van der Waals surface area contributed by atoms with E-state index in [1.165, 1.54) is 0 Å². The number of nitrogen functional groups attached to an aromatic ring is 1. The van der Waals surface area contributed by atoms with Gasteiger partial charge in [-0.15, -0.1) is 0 Å². The second-order valence-electron chi connectivity index (χ2n) is 1.83. The fourth-order valence-corrected chi connectivity index (χ4v) is 1.17. The van der Waals surface area contributed by atoms with Gasteiger partial charge in [0.05, 0.1) is 0 Å². The Bertz CT molecular complexity index is 198. The van der Waals surface area contributed by atoms with Gasteiger partial charge in [0.15, 0.2) is 0 Å². The molecule has 1 nitrogen and oxygen atoms in total. The molecule has 0 atom stereocenters. The zero-order valence-corrected chi connectivity index (χ0v) is 6.56. The van der Waals surface area contributed by atoms with Crippen molar-refractivity contribution < 1.29 is 0 Å². The lowest BCUT2D eigenvalue weighted by Gasteiger charge is -1.97. The highest BCUT2D eigenvalue weighted by atomic mass is 79.9. The third-order valence-corrected chi connectivity index (χ3v) is 1.80. The number of anilines is 1. The summed E-state index contributed by atoms with van der Waals surface area (Å²) in [4.78, 5) is 0. The minimum absolute atomic E-state index is 0.833. The molecule has 0 bridgehead atoms. The van der Waals surface area contributed by atoms with Gasteiger partial charge in [-0.05, 0) is 11.6 Å². The van der Waals surface area contributed by atoms with E-state index in [0.717, 1.165) is 16.6 Å². The summed E-state index contributed by atoms with van der Waals surface area (Å²) in [6, 6.07) is 7.81. The lowest BCUT2D eigenvalue weighted by molar-refractivity contribution is 1.44. The van der Waals surface area contributed by atoms with Crippen molar-refractivity contribution in [3.63, 3.8) is 0 Å². The van der Waals surface area contributed by atoms with Gasteiger partial charge in [-0.2, -0.15) is 0 Å². The molecule has 2 heteroatoms. The normalized spacial score (nSPS) is 9.44. The average Bonchev–Trinajstić information content (AvgIpc) is 1.89. The highest BCUT2D eigenvalue weighted by Gasteiger charge is 1.91. The van der Waals surface area contributed by atoms with E-state index in [2.05, 4.69) is 15.9 Å². The van der Waals surface area contributed by atoms with E-state index < -0.39 is 0 Å². The van der Waals surface area contributed by atoms with Crippen LogP contribution in [-0.2, 0) is 5.33 Å². The Morgan fingerprint density at radius 3 is 2.44 bits per heavy atom. The van der Waals surface area contributed by atoms with Crippen molar-refractivity contribution in [3.8, 4) is 0 Å². The van der Waals surface area contributed by atoms with Crippen LogP contribution < -0.4 is 5.73 Å². The molecule has 0 aliphatic heterocycles. The first kappa shape index (κ1) is 6.62. The first-order chi connectivity index (χ1) is 4.34. The molecule has 0 aliphatic rings. The molecule has 48 valence electrons. The molecule has 1 aromatic rings. The molecular formula is C7H8BrN. The van der Waals surface area contributed by atoms with Gasteiger partial charge in [0.2, 0.25) is 0 Å². The number of nitrogens with two attached hydrogens (primary N) is 1. The van der Waals surface area contributed by atoms with Gasteiger partial charge < -0.3 is 5.73 Å². The highest BCUT2D eigenvalue weighted by Crippen LogP contribution is 2.12. The van der Waals surface area contributed by atoms with Crippen molar-refractivity contribution in [3.05, 3.63) is 29.8 Å². The smallest absolute Gasteiger partial charge is 0.0355 e. The summed E-state index contributed by atoms with van der Waals surface area (Å²) in [5.41, 5.74) is 7.61. The summed E-state index contributed by atoms with van der Waals surface area (Å²) in [6.07, 6.45) is 0. The number of halogens is 1. The molecule has 1 rings (SSSR count). The molecule has 1 aromatic carbocycles. The van der Waals surface area contributed by atoms with Gasteiger partial charge in [-0.1, -0.05) is 34.1 Å². The topological polar surface area (TPSA) is 26.0 Å². The Morgan fingerprint density at radius 1 is 1.33 bits per heavy atom. The summed E-state index contributed by atoms with van der Waals surface area (Å²) < 4.78 is 0. The van der Waals surface area contributed by atoms with Gasteiger partial charge >= 0.3 is 0 Å².